The van der Waals surface area contributed by atoms with Gasteiger partial charge >= 0.3 is 0 Å². The molecule has 1 heterocycles. The molecule has 32 heavy (non-hydrogen) atoms. The molecule has 0 fully saturated rings. The lowest BCUT2D eigenvalue weighted by Crippen LogP contribution is -2.28. The minimum absolute atomic E-state index is 0.104. The monoisotopic (exact) mass is 448 g/mol. The summed E-state index contributed by atoms with van der Waals surface area (Å²) >= 11 is 1.51. The number of thiophene rings is 1. The Kier molecular flexibility index (Phi) is 6.70. The van der Waals surface area contributed by atoms with E-state index in [0.717, 1.165) is 43.6 Å². The molecule has 0 saturated heterocycles. The van der Waals surface area contributed by atoms with Gasteiger partial charge < -0.3 is 4.74 Å². The van der Waals surface area contributed by atoms with Crippen molar-refractivity contribution < 1.29 is 9.53 Å². The van der Waals surface area contributed by atoms with Crippen LogP contribution in [0.4, 0.5) is 5.69 Å². The Bertz CT molecular complexity index is 1110. The van der Waals surface area contributed by atoms with Crippen molar-refractivity contribution in [1.82, 2.24) is 0 Å². The maximum absolute atomic E-state index is 13.4. The zero-order chi connectivity index (χ0) is 23.7. The van der Waals surface area contributed by atoms with Gasteiger partial charge in [-0.2, -0.15) is 5.11 Å². The van der Waals surface area contributed by atoms with Gasteiger partial charge in [0.25, 0.3) is 0 Å². The van der Waals surface area contributed by atoms with Crippen molar-refractivity contribution in [2.45, 2.75) is 48.5 Å². The molecule has 168 valence electrons. The van der Waals surface area contributed by atoms with Gasteiger partial charge in [-0.3, -0.25) is 4.79 Å². The van der Waals surface area contributed by atoms with E-state index in [2.05, 4.69) is 46.7 Å². The van der Waals surface area contributed by atoms with Crippen molar-refractivity contribution in [3.05, 3.63) is 75.7 Å². The summed E-state index contributed by atoms with van der Waals surface area (Å²) in [7, 11) is 1.66. The second-order valence-corrected chi connectivity index (χ2v) is 11.1. The fourth-order valence-corrected chi connectivity index (χ4v) is 4.29. The van der Waals surface area contributed by atoms with Crippen molar-refractivity contribution in [1.29, 1.82) is 0 Å². The van der Waals surface area contributed by atoms with Crippen LogP contribution in [-0.2, 0) is 4.79 Å². The van der Waals surface area contributed by atoms with Crippen molar-refractivity contribution in [2.24, 2.45) is 21.1 Å². The summed E-state index contributed by atoms with van der Waals surface area (Å²) < 4.78 is 5.42. The Morgan fingerprint density at radius 1 is 0.906 bits per heavy atom. The Morgan fingerprint density at radius 3 is 2.00 bits per heavy atom. The predicted octanol–water partition coefficient (Wildman–Crippen LogP) is 8.09. The third-order valence-electron chi connectivity index (χ3n) is 5.37. The van der Waals surface area contributed by atoms with Crippen LogP contribution in [0.3, 0.4) is 0 Å². The second-order valence-electron chi connectivity index (χ2n) is 10.1. The average molecular weight is 449 g/mol. The molecule has 1 aliphatic rings. The third-order valence-corrected chi connectivity index (χ3v) is 6.42. The zero-order valence-corrected chi connectivity index (χ0v) is 21.1. The number of Topliss-reactive ketones (excluding diaryl/α,β-unsaturated/α-hetero) is 1. The van der Waals surface area contributed by atoms with Crippen molar-refractivity contribution in [3.8, 4) is 5.06 Å². The molecule has 1 aromatic carbocycles. The number of aryl methyl sites for hydroxylation is 1. The molecule has 0 N–H and O–H groups in total. The molecule has 0 unspecified atom stereocenters. The molecule has 0 radical (unpaired) electrons. The minimum atomic E-state index is -0.293. The van der Waals surface area contributed by atoms with Crippen LogP contribution in [0.2, 0.25) is 0 Å². The fourth-order valence-electron chi connectivity index (χ4n) is 3.47. The Balaban J connectivity index is 2.29. The number of carbonyl (C=O) groups is 1. The van der Waals surface area contributed by atoms with E-state index in [1.807, 2.05) is 55.5 Å². The summed E-state index contributed by atoms with van der Waals surface area (Å²) in [5.74, 6) is 0.104. The summed E-state index contributed by atoms with van der Waals surface area (Å²) in [4.78, 5) is 14.3. The summed E-state index contributed by atoms with van der Waals surface area (Å²) in [6, 6.07) is 11.8. The first-order chi connectivity index (χ1) is 14.9. The maximum atomic E-state index is 13.4. The number of nitrogens with zero attached hydrogens (tertiary/aromatic N) is 2. The van der Waals surface area contributed by atoms with Gasteiger partial charge in [0.2, 0.25) is 0 Å². The molecule has 1 aromatic heterocycles. The Hall–Kier alpha value is -2.79. The van der Waals surface area contributed by atoms with E-state index in [1.54, 1.807) is 7.11 Å². The van der Waals surface area contributed by atoms with Crippen LogP contribution in [-0.4, -0.2) is 12.9 Å². The molecule has 0 saturated carbocycles. The number of ketones is 1. The van der Waals surface area contributed by atoms with Crippen LogP contribution < -0.4 is 4.74 Å². The largest absolute Gasteiger partial charge is 0.487 e. The average Bonchev–Trinajstić information content (AvgIpc) is 3.17. The number of azo groups is 1. The molecule has 5 heteroatoms. The summed E-state index contributed by atoms with van der Waals surface area (Å²) in [5, 5.41) is 10.1. The molecule has 1 aliphatic carbocycles. The van der Waals surface area contributed by atoms with Gasteiger partial charge in [-0.1, -0.05) is 71.1 Å². The van der Waals surface area contributed by atoms with Crippen LogP contribution in [0, 0.1) is 17.8 Å². The number of ether oxygens (including phenoxy) is 1. The quantitative estimate of drug-likeness (QED) is 0.444. The molecule has 2 aromatic rings. The lowest BCUT2D eigenvalue weighted by molar-refractivity contribution is -0.114. The standard InChI is InChI=1S/C27H32N2O2S/c1-17-11-9-10-12-21(17)28-29-24(22-13-14-23(31-8)32-22)18-15-19(26(2,3)4)25(30)20(16-18)27(5,6)7/h9-16H,1-8H3. The highest BCUT2D eigenvalue weighted by atomic mass is 32.1. The molecule has 4 nitrogen and oxygen atoms in total. The highest BCUT2D eigenvalue weighted by Crippen LogP contribution is 2.42. The van der Waals surface area contributed by atoms with E-state index in [4.69, 9.17) is 9.85 Å². The van der Waals surface area contributed by atoms with E-state index in [0.29, 0.717) is 0 Å². The normalized spacial score (nSPS) is 15.1. The fraction of sp³-hybridized carbons (Fsp3) is 0.370. The lowest BCUT2D eigenvalue weighted by atomic mass is 9.71. The number of benzene rings is 1. The van der Waals surface area contributed by atoms with E-state index in [9.17, 15) is 4.79 Å². The Morgan fingerprint density at radius 2 is 1.50 bits per heavy atom. The van der Waals surface area contributed by atoms with E-state index >= 15 is 0 Å². The van der Waals surface area contributed by atoms with Gasteiger partial charge in [0, 0.05) is 16.7 Å². The summed E-state index contributed by atoms with van der Waals surface area (Å²) in [6.07, 6.45) is 3.96. The van der Waals surface area contributed by atoms with Gasteiger partial charge in [-0.05, 0) is 53.7 Å². The van der Waals surface area contributed by atoms with Gasteiger partial charge in [-0.15, -0.1) is 5.11 Å². The number of carbonyl (C=O) groups excluding carboxylic acids is 1. The molecule has 0 atom stereocenters. The molecule has 0 aliphatic heterocycles. The van der Waals surface area contributed by atoms with Crippen molar-refractivity contribution in [3.63, 3.8) is 0 Å². The number of allylic oxidation sites excluding steroid dienone is 5. The first-order valence-electron chi connectivity index (χ1n) is 10.8. The van der Waals surface area contributed by atoms with Gasteiger partial charge in [0.15, 0.2) is 10.8 Å². The highest BCUT2D eigenvalue weighted by Gasteiger charge is 2.34. The predicted molar refractivity (Wildman–Crippen MR) is 134 cm³/mol. The lowest BCUT2D eigenvalue weighted by Gasteiger charge is -2.31. The van der Waals surface area contributed by atoms with Crippen molar-refractivity contribution in [2.75, 3.05) is 7.11 Å². The molecule has 0 bridgehead atoms. The van der Waals surface area contributed by atoms with E-state index in [-0.39, 0.29) is 16.6 Å². The minimum Gasteiger partial charge on any atom is -0.487 e. The molecule has 0 amide bonds. The van der Waals surface area contributed by atoms with Crippen LogP contribution in [0.5, 0.6) is 5.06 Å². The smallest absolute Gasteiger partial charge is 0.186 e. The van der Waals surface area contributed by atoms with Crippen LogP contribution in [0.25, 0.3) is 5.70 Å². The van der Waals surface area contributed by atoms with Crippen LogP contribution in [0.15, 0.2) is 75.5 Å². The molecule has 0 spiro atoms. The van der Waals surface area contributed by atoms with E-state index in [1.165, 1.54) is 11.3 Å². The number of hydrogen-bond donors (Lipinski definition) is 0. The summed E-state index contributed by atoms with van der Waals surface area (Å²) in [5.41, 5.74) is 4.48. The third kappa shape index (κ3) is 5.16. The molecular formula is C27H32N2O2S. The van der Waals surface area contributed by atoms with Crippen LogP contribution in [0.1, 0.15) is 52.0 Å². The maximum Gasteiger partial charge on any atom is 0.186 e. The van der Waals surface area contributed by atoms with E-state index < -0.39 is 0 Å². The van der Waals surface area contributed by atoms with Gasteiger partial charge in [0.1, 0.15) is 5.70 Å². The van der Waals surface area contributed by atoms with Crippen LogP contribution >= 0.6 is 11.3 Å². The van der Waals surface area contributed by atoms with Gasteiger partial charge in [0.05, 0.1) is 17.7 Å². The number of hydrogen-bond acceptors (Lipinski definition) is 5. The summed E-state index contributed by atoms with van der Waals surface area (Å²) in [6.45, 7) is 14.5. The second kappa shape index (κ2) is 8.99. The Labute approximate surface area is 195 Å². The van der Waals surface area contributed by atoms with Gasteiger partial charge in [-0.25, -0.2) is 0 Å². The molecular weight excluding hydrogens is 416 g/mol. The van der Waals surface area contributed by atoms with Crippen molar-refractivity contribution >= 4 is 28.5 Å². The SMILES string of the molecule is COc1ccc(C(N=Nc2ccccc2C)=C2C=C(C(C)(C)C)C(=O)C(C(C)(C)C)=C2)s1. The first kappa shape index (κ1) is 23.9. The first-order valence-corrected chi connectivity index (χ1v) is 11.6. The zero-order valence-electron chi connectivity index (χ0n) is 20.2. The highest BCUT2D eigenvalue weighted by molar-refractivity contribution is 7.14. The number of rotatable bonds is 4. The molecule has 3 rings (SSSR count). The number of methoxy groups -OCH3 is 1. The topological polar surface area (TPSA) is 51.0 Å².